The molecule has 8 heteroatoms. The van der Waals surface area contributed by atoms with Gasteiger partial charge in [0.1, 0.15) is 10.6 Å². The molecule has 0 aromatic heterocycles. The van der Waals surface area contributed by atoms with Gasteiger partial charge in [-0.05, 0) is 49.2 Å². The Morgan fingerprint density at radius 2 is 1.86 bits per heavy atom. The van der Waals surface area contributed by atoms with E-state index in [1.165, 1.54) is 6.07 Å². The summed E-state index contributed by atoms with van der Waals surface area (Å²) in [6.07, 6.45) is 0. The van der Waals surface area contributed by atoms with Crippen LogP contribution in [0.5, 0.6) is 0 Å². The topological polar surface area (TPSA) is 83.8 Å². The molecule has 0 aliphatic heterocycles. The van der Waals surface area contributed by atoms with Crippen LogP contribution in [0.1, 0.15) is 0 Å². The van der Waals surface area contributed by atoms with E-state index in [0.29, 0.717) is 4.47 Å². The number of rotatable bonds is 2. The number of nitrogens with zero attached hydrogens (tertiary/aromatic N) is 1. The molecule has 0 heterocycles. The van der Waals surface area contributed by atoms with E-state index in [1.807, 2.05) is 0 Å². The molecule has 0 amide bonds. The summed E-state index contributed by atoms with van der Waals surface area (Å²) in [7, 11) is -4.43. The maximum Gasteiger partial charge on any atom is 0.296 e. The zero-order chi connectivity index (χ0) is 10.9. The number of nitroso groups, excluding NO2 is 1. The fourth-order valence-electron chi connectivity index (χ4n) is 0.815. The molecule has 0 bridgehead atoms. The standard InChI is InChI=1S/C6H3Br2NO4S/c7-3-1-2-4(14(11,12)13)6(9-10)5(3)8/h1-2H,(H,11,12,13). The second kappa shape index (κ2) is 4.05. The van der Waals surface area contributed by atoms with Crippen LogP contribution in [-0.4, -0.2) is 13.0 Å². The highest BCUT2D eigenvalue weighted by molar-refractivity contribution is 9.13. The SMILES string of the molecule is O=Nc1c(S(=O)(=O)O)ccc(Br)c1Br. The van der Waals surface area contributed by atoms with E-state index in [-0.39, 0.29) is 10.2 Å². The van der Waals surface area contributed by atoms with Crippen molar-refractivity contribution in [3.8, 4) is 0 Å². The molecule has 1 aromatic carbocycles. The maximum atomic E-state index is 10.8. The zero-order valence-electron chi connectivity index (χ0n) is 6.44. The lowest BCUT2D eigenvalue weighted by Crippen LogP contribution is -1.98. The van der Waals surface area contributed by atoms with Gasteiger partial charge >= 0.3 is 0 Å². The van der Waals surface area contributed by atoms with E-state index in [0.717, 1.165) is 6.07 Å². The molecule has 0 atom stereocenters. The van der Waals surface area contributed by atoms with Crippen molar-refractivity contribution in [1.82, 2.24) is 0 Å². The van der Waals surface area contributed by atoms with Crippen LogP contribution in [0.25, 0.3) is 0 Å². The maximum absolute atomic E-state index is 10.8. The van der Waals surface area contributed by atoms with Crippen LogP contribution >= 0.6 is 31.9 Å². The molecule has 0 saturated heterocycles. The molecule has 5 nitrogen and oxygen atoms in total. The van der Waals surface area contributed by atoms with E-state index in [2.05, 4.69) is 37.0 Å². The predicted octanol–water partition coefficient (Wildman–Crippen LogP) is 2.86. The van der Waals surface area contributed by atoms with Gasteiger partial charge in [-0.15, -0.1) is 4.91 Å². The minimum absolute atomic E-state index is 0.183. The van der Waals surface area contributed by atoms with E-state index >= 15 is 0 Å². The third kappa shape index (κ3) is 2.19. The number of hydrogen-bond acceptors (Lipinski definition) is 4. The van der Waals surface area contributed by atoms with Crippen molar-refractivity contribution in [3.05, 3.63) is 26.0 Å². The predicted molar refractivity (Wildman–Crippen MR) is 57.1 cm³/mol. The molecule has 1 aromatic rings. The zero-order valence-corrected chi connectivity index (χ0v) is 10.4. The number of halogens is 2. The van der Waals surface area contributed by atoms with Crippen LogP contribution in [0, 0.1) is 4.91 Å². The Kier molecular flexibility index (Phi) is 3.40. The van der Waals surface area contributed by atoms with Gasteiger partial charge in [0.15, 0.2) is 0 Å². The molecule has 0 aliphatic carbocycles. The average molecular weight is 345 g/mol. The Morgan fingerprint density at radius 1 is 1.29 bits per heavy atom. The molecule has 0 aliphatic rings. The Hall–Kier alpha value is -0.310. The highest BCUT2D eigenvalue weighted by atomic mass is 79.9. The molecule has 0 radical (unpaired) electrons. The van der Waals surface area contributed by atoms with Gasteiger partial charge in [-0.1, -0.05) is 0 Å². The quantitative estimate of drug-likeness (QED) is 0.660. The highest BCUT2D eigenvalue weighted by Gasteiger charge is 2.20. The van der Waals surface area contributed by atoms with Gasteiger partial charge in [0.05, 0.1) is 4.47 Å². The molecule has 76 valence electrons. The molecule has 14 heavy (non-hydrogen) atoms. The molecule has 0 fully saturated rings. The van der Waals surface area contributed by atoms with Crippen molar-refractivity contribution < 1.29 is 13.0 Å². The minimum Gasteiger partial charge on any atom is -0.282 e. The molecule has 0 spiro atoms. The third-order valence-electron chi connectivity index (χ3n) is 1.40. The van der Waals surface area contributed by atoms with E-state index in [1.54, 1.807) is 0 Å². The Bertz CT molecular complexity index is 485. The van der Waals surface area contributed by atoms with E-state index in [9.17, 15) is 13.3 Å². The molecule has 1 N–H and O–H groups in total. The highest BCUT2D eigenvalue weighted by Crippen LogP contribution is 2.37. The first-order valence-electron chi connectivity index (χ1n) is 3.16. The Morgan fingerprint density at radius 3 is 2.29 bits per heavy atom. The first-order chi connectivity index (χ1) is 6.38. The number of benzene rings is 1. The first kappa shape index (κ1) is 11.8. The fourth-order valence-corrected chi connectivity index (χ4v) is 2.31. The van der Waals surface area contributed by atoms with Crippen LogP contribution in [-0.2, 0) is 10.1 Å². The van der Waals surface area contributed by atoms with Gasteiger partial charge in [0.25, 0.3) is 10.1 Å². The summed E-state index contributed by atoms with van der Waals surface area (Å²) >= 11 is 6.03. The van der Waals surface area contributed by atoms with Gasteiger partial charge in [0.2, 0.25) is 0 Å². The summed E-state index contributed by atoms with van der Waals surface area (Å²) in [5.74, 6) is 0. The second-order valence-electron chi connectivity index (χ2n) is 2.27. The van der Waals surface area contributed by atoms with Crippen molar-refractivity contribution in [2.24, 2.45) is 5.18 Å². The average Bonchev–Trinajstić information content (AvgIpc) is 2.07. The van der Waals surface area contributed by atoms with Gasteiger partial charge in [-0.3, -0.25) is 4.55 Å². The van der Waals surface area contributed by atoms with E-state index in [4.69, 9.17) is 4.55 Å². The van der Waals surface area contributed by atoms with Gasteiger partial charge in [-0.25, -0.2) is 0 Å². The van der Waals surface area contributed by atoms with E-state index < -0.39 is 15.0 Å². The molecule has 0 unspecified atom stereocenters. The second-order valence-corrected chi connectivity index (χ2v) is 5.31. The van der Waals surface area contributed by atoms with Crippen LogP contribution in [0.15, 0.2) is 31.2 Å². The van der Waals surface area contributed by atoms with Gasteiger partial charge in [-0.2, -0.15) is 8.42 Å². The van der Waals surface area contributed by atoms with Crippen LogP contribution in [0.4, 0.5) is 5.69 Å². The summed E-state index contributed by atoms with van der Waals surface area (Å²) in [6.45, 7) is 0. The monoisotopic (exact) mass is 343 g/mol. The molecular formula is C6H3Br2NO4S. The van der Waals surface area contributed by atoms with Crippen molar-refractivity contribution >= 4 is 47.7 Å². The third-order valence-corrected chi connectivity index (χ3v) is 4.28. The van der Waals surface area contributed by atoms with Crippen LogP contribution in [0.3, 0.4) is 0 Å². The van der Waals surface area contributed by atoms with Crippen LogP contribution in [0.2, 0.25) is 0 Å². The van der Waals surface area contributed by atoms with Crippen LogP contribution < -0.4 is 0 Å². The first-order valence-corrected chi connectivity index (χ1v) is 6.19. The van der Waals surface area contributed by atoms with Crippen molar-refractivity contribution in [2.75, 3.05) is 0 Å². The fraction of sp³-hybridized carbons (Fsp3) is 0. The van der Waals surface area contributed by atoms with Crippen molar-refractivity contribution in [1.29, 1.82) is 0 Å². The van der Waals surface area contributed by atoms with Gasteiger partial charge < -0.3 is 0 Å². The van der Waals surface area contributed by atoms with Gasteiger partial charge in [0, 0.05) is 4.47 Å². The minimum atomic E-state index is -4.43. The molecule has 1 rings (SSSR count). The largest absolute Gasteiger partial charge is 0.296 e. The molecule has 0 saturated carbocycles. The van der Waals surface area contributed by atoms with Crippen molar-refractivity contribution in [2.45, 2.75) is 4.90 Å². The summed E-state index contributed by atoms with van der Waals surface area (Å²) in [5, 5.41) is 2.53. The lowest BCUT2D eigenvalue weighted by molar-refractivity contribution is 0.483. The summed E-state index contributed by atoms with van der Waals surface area (Å²) in [4.78, 5) is 9.85. The molecular weight excluding hydrogens is 342 g/mol. The summed E-state index contributed by atoms with van der Waals surface area (Å²) in [5.41, 5.74) is -0.359. The Balaban J connectivity index is 3.63. The smallest absolute Gasteiger partial charge is 0.282 e. The summed E-state index contributed by atoms with van der Waals surface area (Å²) < 4.78 is 31.0. The Labute approximate surface area is 96.5 Å². The lowest BCUT2D eigenvalue weighted by atomic mass is 10.3. The lowest BCUT2D eigenvalue weighted by Gasteiger charge is -2.03. The number of hydrogen-bond donors (Lipinski definition) is 1. The van der Waals surface area contributed by atoms with Crippen molar-refractivity contribution in [3.63, 3.8) is 0 Å². The normalized spacial score (nSPS) is 11.4. The summed E-state index contributed by atoms with van der Waals surface area (Å²) in [6, 6.07) is 2.46.